The smallest absolute Gasteiger partial charge is 0.326 e. The van der Waals surface area contributed by atoms with Gasteiger partial charge in [-0.3, -0.25) is 0 Å². The Hall–Kier alpha value is -1.35. The Kier molecular flexibility index (Phi) is 5.97. The quantitative estimate of drug-likeness (QED) is 0.619. The molecule has 1 rings (SSSR count). The third kappa shape index (κ3) is 6.76. The van der Waals surface area contributed by atoms with Crippen molar-refractivity contribution in [1.82, 2.24) is 10.6 Å². The second-order valence-electron chi connectivity index (χ2n) is 5.62. The maximum atomic E-state index is 11.9. The molecule has 0 radical (unpaired) electrons. The van der Waals surface area contributed by atoms with Crippen molar-refractivity contribution in [3.8, 4) is 0 Å². The van der Waals surface area contributed by atoms with E-state index in [-0.39, 0.29) is 12.2 Å². The van der Waals surface area contributed by atoms with Gasteiger partial charge in [-0.25, -0.2) is 18.0 Å². The van der Waals surface area contributed by atoms with Crippen LogP contribution in [0.25, 0.3) is 0 Å². The van der Waals surface area contributed by atoms with Gasteiger partial charge in [-0.1, -0.05) is 0 Å². The molecule has 2 atom stereocenters. The molecule has 0 bridgehead atoms. The van der Waals surface area contributed by atoms with Crippen LogP contribution < -0.4 is 10.6 Å². The molecule has 0 aromatic rings. The van der Waals surface area contributed by atoms with Crippen molar-refractivity contribution >= 4 is 21.8 Å². The van der Waals surface area contributed by atoms with E-state index in [1.54, 1.807) is 0 Å². The van der Waals surface area contributed by atoms with Crippen molar-refractivity contribution in [3.05, 3.63) is 0 Å². The van der Waals surface area contributed by atoms with Crippen LogP contribution in [0.1, 0.15) is 26.2 Å². The third-order valence-electron chi connectivity index (χ3n) is 3.23. The van der Waals surface area contributed by atoms with Crippen LogP contribution in [0, 0.1) is 0 Å². The van der Waals surface area contributed by atoms with Gasteiger partial charge in [0, 0.05) is 12.9 Å². The molecule has 122 valence electrons. The summed E-state index contributed by atoms with van der Waals surface area (Å²) in [6.45, 7) is 2.82. The van der Waals surface area contributed by atoms with E-state index in [0.717, 1.165) is 19.1 Å². The van der Waals surface area contributed by atoms with E-state index >= 15 is 0 Å². The molecule has 1 saturated heterocycles. The highest BCUT2D eigenvalue weighted by Gasteiger charge is 2.31. The first-order chi connectivity index (χ1) is 9.61. The van der Waals surface area contributed by atoms with Gasteiger partial charge in [0.05, 0.1) is 17.9 Å². The number of carboxylic acid groups (broad SMARTS) is 1. The first-order valence-corrected chi connectivity index (χ1v) is 8.74. The molecule has 1 fully saturated rings. The maximum Gasteiger partial charge on any atom is 0.326 e. The lowest BCUT2D eigenvalue weighted by atomic mass is 9.95. The Morgan fingerprint density at radius 2 is 2.10 bits per heavy atom. The summed E-state index contributed by atoms with van der Waals surface area (Å²) in [5.74, 6) is -1.57. The van der Waals surface area contributed by atoms with Gasteiger partial charge in [0.2, 0.25) is 0 Å². The van der Waals surface area contributed by atoms with E-state index < -0.39 is 33.4 Å². The summed E-state index contributed by atoms with van der Waals surface area (Å²) in [5.41, 5.74) is -0.539. The normalized spacial score (nSPS) is 24.1. The van der Waals surface area contributed by atoms with Crippen LogP contribution in [0.15, 0.2) is 0 Å². The summed E-state index contributed by atoms with van der Waals surface area (Å²) in [7, 11) is -3.28. The molecule has 3 N–H and O–H groups in total. The SMILES string of the molecule is CC1(NC(=O)NC(CCS(C)(=O)=O)C(=O)O)CCCOC1. The first kappa shape index (κ1) is 17.7. The second kappa shape index (κ2) is 7.08. The van der Waals surface area contributed by atoms with Gasteiger partial charge < -0.3 is 20.5 Å². The van der Waals surface area contributed by atoms with E-state index in [1.807, 2.05) is 6.92 Å². The monoisotopic (exact) mass is 322 g/mol. The zero-order valence-electron chi connectivity index (χ0n) is 12.2. The third-order valence-corrected chi connectivity index (χ3v) is 4.21. The highest BCUT2D eigenvalue weighted by atomic mass is 32.2. The average molecular weight is 322 g/mol. The van der Waals surface area contributed by atoms with Gasteiger partial charge in [-0.05, 0) is 26.2 Å². The molecule has 0 aromatic carbocycles. The number of ether oxygens (including phenoxy) is 1. The van der Waals surface area contributed by atoms with Gasteiger partial charge in [-0.15, -0.1) is 0 Å². The molecule has 1 heterocycles. The molecule has 0 aliphatic carbocycles. The molecule has 2 amide bonds. The van der Waals surface area contributed by atoms with E-state index in [0.29, 0.717) is 13.2 Å². The van der Waals surface area contributed by atoms with Crippen molar-refractivity contribution in [3.63, 3.8) is 0 Å². The molecular weight excluding hydrogens is 300 g/mol. The van der Waals surface area contributed by atoms with Crippen LogP contribution in [-0.4, -0.2) is 62.3 Å². The maximum absolute atomic E-state index is 11.9. The number of carbonyl (C=O) groups is 2. The summed E-state index contributed by atoms with van der Waals surface area (Å²) >= 11 is 0. The van der Waals surface area contributed by atoms with Crippen LogP contribution in [-0.2, 0) is 19.4 Å². The zero-order valence-corrected chi connectivity index (χ0v) is 13.0. The topological polar surface area (TPSA) is 122 Å². The molecule has 0 saturated carbocycles. The van der Waals surface area contributed by atoms with Crippen molar-refractivity contribution in [2.75, 3.05) is 25.2 Å². The van der Waals surface area contributed by atoms with E-state index in [4.69, 9.17) is 9.84 Å². The molecular formula is C12H22N2O6S. The molecule has 2 unspecified atom stereocenters. The van der Waals surface area contributed by atoms with E-state index in [1.165, 1.54) is 0 Å². The zero-order chi connectivity index (χ0) is 16.1. The highest BCUT2D eigenvalue weighted by Crippen LogP contribution is 2.17. The lowest BCUT2D eigenvalue weighted by molar-refractivity contribution is -0.139. The summed E-state index contributed by atoms with van der Waals surface area (Å²) in [6, 6.07) is -1.88. The fourth-order valence-electron chi connectivity index (χ4n) is 2.09. The average Bonchev–Trinajstić information content (AvgIpc) is 2.33. The lowest BCUT2D eigenvalue weighted by Gasteiger charge is -2.34. The second-order valence-corrected chi connectivity index (χ2v) is 7.88. The number of sulfone groups is 1. The van der Waals surface area contributed by atoms with E-state index in [2.05, 4.69) is 10.6 Å². The number of hydrogen-bond acceptors (Lipinski definition) is 5. The molecule has 8 nitrogen and oxygen atoms in total. The molecule has 9 heteroatoms. The van der Waals surface area contributed by atoms with Crippen LogP contribution in [0.5, 0.6) is 0 Å². The molecule has 0 aromatic heterocycles. The Balaban J connectivity index is 2.54. The number of hydrogen-bond donors (Lipinski definition) is 3. The summed E-state index contributed by atoms with van der Waals surface area (Å²) in [6.07, 6.45) is 2.40. The number of urea groups is 1. The number of carboxylic acids is 1. The van der Waals surface area contributed by atoms with Crippen molar-refractivity contribution < 1.29 is 27.9 Å². The number of nitrogens with one attached hydrogen (secondary N) is 2. The van der Waals surface area contributed by atoms with Crippen LogP contribution >= 0.6 is 0 Å². The number of amides is 2. The minimum atomic E-state index is -3.28. The van der Waals surface area contributed by atoms with Crippen LogP contribution in [0.4, 0.5) is 4.79 Å². The molecule has 1 aliphatic heterocycles. The van der Waals surface area contributed by atoms with Gasteiger partial charge in [0.25, 0.3) is 0 Å². The summed E-state index contributed by atoms with van der Waals surface area (Å²) in [5, 5.41) is 14.0. The molecule has 0 spiro atoms. The van der Waals surface area contributed by atoms with Crippen molar-refractivity contribution in [2.24, 2.45) is 0 Å². The lowest BCUT2D eigenvalue weighted by Crippen LogP contribution is -2.57. The number of aliphatic carboxylic acids is 1. The van der Waals surface area contributed by atoms with E-state index in [9.17, 15) is 18.0 Å². The molecule has 21 heavy (non-hydrogen) atoms. The summed E-state index contributed by atoms with van der Waals surface area (Å²) < 4.78 is 27.4. The van der Waals surface area contributed by atoms with Gasteiger partial charge in [0.1, 0.15) is 15.9 Å². The fourth-order valence-corrected chi connectivity index (χ4v) is 2.75. The number of carbonyl (C=O) groups excluding carboxylic acids is 1. The standard InChI is InChI=1S/C12H22N2O6S/c1-12(5-3-6-20-8-12)14-11(17)13-9(10(15)16)4-7-21(2,18)19/h9H,3-8H2,1-2H3,(H,15,16)(H2,13,14,17). The Morgan fingerprint density at radius 1 is 1.43 bits per heavy atom. The Bertz CT molecular complexity index is 484. The first-order valence-electron chi connectivity index (χ1n) is 6.68. The van der Waals surface area contributed by atoms with Crippen LogP contribution in [0.3, 0.4) is 0 Å². The number of rotatable bonds is 6. The summed E-state index contributed by atoms with van der Waals surface area (Å²) in [4.78, 5) is 22.9. The predicted octanol–water partition coefficient (Wildman–Crippen LogP) is -0.257. The van der Waals surface area contributed by atoms with Crippen molar-refractivity contribution in [2.45, 2.75) is 37.8 Å². The van der Waals surface area contributed by atoms with Gasteiger partial charge in [-0.2, -0.15) is 0 Å². The predicted molar refractivity (Wildman–Crippen MR) is 75.9 cm³/mol. The highest BCUT2D eigenvalue weighted by molar-refractivity contribution is 7.90. The van der Waals surface area contributed by atoms with Crippen molar-refractivity contribution in [1.29, 1.82) is 0 Å². The minimum Gasteiger partial charge on any atom is -0.480 e. The Labute approximate surface area is 124 Å². The fraction of sp³-hybridized carbons (Fsp3) is 0.833. The minimum absolute atomic E-state index is 0.172. The van der Waals surface area contributed by atoms with Gasteiger partial charge >= 0.3 is 12.0 Å². The molecule has 1 aliphatic rings. The Morgan fingerprint density at radius 3 is 2.57 bits per heavy atom. The largest absolute Gasteiger partial charge is 0.480 e. The van der Waals surface area contributed by atoms with Crippen LogP contribution in [0.2, 0.25) is 0 Å². The van der Waals surface area contributed by atoms with Gasteiger partial charge in [0.15, 0.2) is 0 Å².